The first-order valence-corrected chi connectivity index (χ1v) is 6.91. The second-order valence-electron chi connectivity index (χ2n) is 5.43. The highest BCUT2D eigenvalue weighted by Crippen LogP contribution is 2.29. The Kier molecular flexibility index (Phi) is 4.56. The number of nitrogens with two attached hydrogens (primary N) is 2. The molecule has 4 N–H and O–H groups in total. The molecule has 1 aromatic carbocycles. The molecule has 2 unspecified atom stereocenters. The molecule has 0 aromatic heterocycles. The lowest BCUT2D eigenvalue weighted by molar-refractivity contribution is 0.0997. The van der Waals surface area contributed by atoms with Gasteiger partial charge in [0, 0.05) is 18.2 Å². The van der Waals surface area contributed by atoms with E-state index in [1.807, 2.05) is 18.2 Å². The molecule has 0 saturated heterocycles. The van der Waals surface area contributed by atoms with Crippen molar-refractivity contribution in [1.82, 2.24) is 4.90 Å². The third-order valence-electron chi connectivity index (χ3n) is 4.19. The number of hydrogen-bond acceptors (Lipinski definition) is 3. The van der Waals surface area contributed by atoms with Crippen LogP contribution in [0.3, 0.4) is 0 Å². The average molecular weight is 261 g/mol. The van der Waals surface area contributed by atoms with Crippen LogP contribution in [0.2, 0.25) is 0 Å². The zero-order chi connectivity index (χ0) is 13.8. The average Bonchev–Trinajstić information content (AvgIpc) is 2.87. The fourth-order valence-corrected chi connectivity index (χ4v) is 3.16. The van der Waals surface area contributed by atoms with Crippen molar-refractivity contribution < 1.29 is 4.79 Å². The summed E-state index contributed by atoms with van der Waals surface area (Å²) in [7, 11) is 2.11. The molecule has 0 heterocycles. The number of primary amides is 1. The highest BCUT2D eigenvalue weighted by molar-refractivity contribution is 5.94. The molecule has 1 amide bonds. The fraction of sp³-hybridized carbons (Fsp3) is 0.533. The Morgan fingerprint density at radius 2 is 2.11 bits per heavy atom. The summed E-state index contributed by atoms with van der Waals surface area (Å²) in [5.41, 5.74) is 12.9. The third kappa shape index (κ3) is 3.14. The lowest BCUT2D eigenvalue weighted by Crippen LogP contribution is -2.37. The first kappa shape index (κ1) is 14.0. The minimum absolute atomic E-state index is 0.356. The summed E-state index contributed by atoms with van der Waals surface area (Å²) in [6.07, 6.45) is 3.65. The zero-order valence-electron chi connectivity index (χ0n) is 11.5. The Morgan fingerprint density at radius 3 is 2.79 bits per heavy atom. The summed E-state index contributed by atoms with van der Waals surface area (Å²) in [4.78, 5) is 13.7. The quantitative estimate of drug-likeness (QED) is 0.840. The number of hydrogen-bond donors (Lipinski definition) is 2. The number of rotatable bonds is 5. The Morgan fingerprint density at radius 1 is 1.37 bits per heavy atom. The first-order valence-electron chi connectivity index (χ1n) is 6.91. The predicted molar refractivity (Wildman–Crippen MR) is 76.6 cm³/mol. The molecule has 0 radical (unpaired) electrons. The minimum atomic E-state index is -0.356. The molecule has 1 saturated carbocycles. The molecule has 1 aliphatic carbocycles. The smallest absolute Gasteiger partial charge is 0.249 e. The van der Waals surface area contributed by atoms with Crippen LogP contribution in [-0.2, 0) is 6.54 Å². The minimum Gasteiger partial charge on any atom is -0.366 e. The van der Waals surface area contributed by atoms with E-state index in [2.05, 4.69) is 11.9 Å². The van der Waals surface area contributed by atoms with Crippen LogP contribution in [0.1, 0.15) is 35.2 Å². The van der Waals surface area contributed by atoms with Crippen LogP contribution >= 0.6 is 0 Å². The van der Waals surface area contributed by atoms with Gasteiger partial charge in [-0.1, -0.05) is 24.6 Å². The van der Waals surface area contributed by atoms with E-state index >= 15 is 0 Å². The van der Waals surface area contributed by atoms with Gasteiger partial charge in [0.05, 0.1) is 0 Å². The van der Waals surface area contributed by atoms with Crippen molar-refractivity contribution in [3.05, 3.63) is 35.4 Å². The first-order chi connectivity index (χ1) is 9.13. The number of nitrogens with zero attached hydrogens (tertiary/aromatic N) is 1. The van der Waals surface area contributed by atoms with Gasteiger partial charge in [-0.15, -0.1) is 0 Å². The van der Waals surface area contributed by atoms with Crippen LogP contribution in [0.25, 0.3) is 0 Å². The Labute approximate surface area is 114 Å². The summed E-state index contributed by atoms with van der Waals surface area (Å²) in [5, 5.41) is 0. The van der Waals surface area contributed by atoms with Gasteiger partial charge in [0.25, 0.3) is 0 Å². The molecule has 1 aliphatic rings. The molecule has 4 heteroatoms. The van der Waals surface area contributed by atoms with Crippen LogP contribution in [0.5, 0.6) is 0 Å². The molecular formula is C15H23N3O. The molecule has 4 nitrogen and oxygen atoms in total. The van der Waals surface area contributed by atoms with E-state index in [-0.39, 0.29) is 5.91 Å². The maximum atomic E-state index is 11.4. The van der Waals surface area contributed by atoms with E-state index in [1.165, 1.54) is 19.3 Å². The van der Waals surface area contributed by atoms with Gasteiger partial charge >= 0.3 is 0 Å². The fourth-order valence-electron chi connectivity index (χ4n) is 3.16. The van der Waals surface area contributed by atoms with E-state index in [1.54, 1.807) is 6.07 Å². The van der Waals surface area contributed by atoms with Crippen LogP contribution in [0.4, 0.5) is 0 Å². The number of benzene rings is 1. The normalized spacial score (nSPS) is 22.9. The highest BCUT2D eigenvalue weighted by atomic mass is 16.1. The van der Waals surface area contributed by atoms with Gasteiger partial charge in [0.15, 0.2) is 0 Å². The molecule has 2 atom stereocenters. The zero-order valence-corrected chi connectivity index (χ0v) is 11.5. The number of carbonyl (C=O) groups is 1. The molecule has 0 bridgehead atoms. The van der Waals surface area contributed by atoms with E-state index in [9.17, 15) is 4.79 Å². The van der Waals surface area contributed by atoms with E-state index < -0.39 is 0 Å². The van der Waals surface area contributed by atoms with Gasteiger partial charge in [-0.2, -0.15) is 0 Å². The van der Waals surface area contributed by atoms with Gasteiger partial charge in [-0.05, 0) is 44.0 Å². The lowest BCUT2D eigenvalue weighted by Gasteiger charge is -2.29. The van der Waals surface area contributed by atoms with Crippen molar-refractivity contribution >= 4 is 5.91 Å². The number of carbonyl (C=O) groups excluding carboxylic acids is 1. The molecule has 1 aromatic rings. The van der Waals surface area contributed by atoms with Crippen molar-refractivity contribution in [2.75, 3.05) is 13.6 Å². The van der Waals surface area contributed by atoms with Crippen LogP contribution in [-0.4, -0.2) is 30.4 Å². The van der Waals surface area contributed by atoms with Crippen molar-refractivity contribution in [2.45, 2.75) is 31.8 Å². The summed E-state index contributed by atoms with van der Waals surface area (Å²) < 4.78 is 0. The molecule has 2 rings (SSSR count). The van der Waals surface area contributed by atoms with Gasteiger partial charge in [0.1, 0.15) is 0 Å². The molecule has 0 spiro atoms. The van der Waals surface area contributed by atoms with Crippen LogP contribution in [0, 0.1) is 5.92 Å². The third-order valence-corrected chi connectivity index (χ3v) is 4.19. The van der Waals surface area contributed by atoms with E-state index in [0.29, 0.717) is 17.5 Å². The van der Waals surface area contributed by atoms with Gasteiger partial charge in [-0.25, -0.2) is 0 Å². The Balaban J connectivity index is 2.10. The second kappa shape index (κ2) is 6.17. The van der Waals surface area contributed by atoms with Crippen LogP contribution < -0.4 is 11.5 Å². The summed E-state index contributed by atoms with van der Waals surface area (Å²) in [6, 6.07) is 8.08. The molecule has 1 fully saturated rings. The SMILES string of the molecule is CN(Cc1ccccc1C(N)=O)C1CCCC1CN. The van der Waals surface area contributed by atoms with Crippen molar-refractivity contribution in [3.8, 4) is 0 Å². The summed E-state index contributed by atoms with van der Waals surface area (Å²) in [5.74, 6) is 0.219. The molecule has 19 heavy (non-hydrogen) atoms. The standard InChI is InChI=1S/C15H23N3O/c1-18(14-8-4-6-11(14)9-16)10-12-5-2-3-7-13(12)15(17)19/h2-3,5,7,11,14H,4,6,8-10,16H2,1H3,(H2,17,19). The van der Waals surface area contributed by atoms with Crippen molar-refractivity contribution in [3.63, 3.8) is 0 Å². The highest BCUT2D eigenvalue weighted by Gasteiger charge is 2.29. The van der Waals surface area contributed by atoms with Gasteiger partial charge in [-0.3, -0.25) is 9.69 Å². The maximum absolute atomic E-state index is 11.4. The van der Waals surface area contributed by atoms with E-state index in [0.717, 1.165) is 18.7 Å². The number of amides is 1. The largest absolute Gasteiger partial charge is 0.366 e. The summed E-state index contributed by atoms with van der Waals surface area (Å²) >= 11 is 0. The predicted octanol–water partition coefficient (Wildman–Crippen LogP) is 1.34. The van der Waals surface area contributed by atoms with Crippen molar-refractivity contribution in [2.24, 2.45) is 17.4 Å². The second-order valence-corrected chi connectivity index (χ2v) is 5.43. The van der Waals surface area contributed by atoms with Crippen molar-refractivity contribution in [1.29, 1.82) is 0 Å². The topological polar surface area (TPSA) is 72.3 Å². The molecular weight excluding hydrogens is 238 g/mol. The Bertz CT molecular complexity index is 447. The maximum Gasteiger partial charge on any atom is 0.249 e. The molecule has 0 aliphatic heterocycles. The van der Waals surface area contributed by atoms with Gasteiger partial charge < -0.3 is 11.5 Å². The summed E-state index contributed by atoms with van der Waals surface area (Å²) in [6.45, 7) is 1.49. The Hall–Kier alpha value is -1.39. The monoisotopic (exact) mass is 261 g/mol. The lowest BCUT2D eigenvalue weighted by atomic mass is 10.0. The van der Waals surface area contributed by atoms with Crippen LogP contribution in [0.15, 0.2) is 24.3 Å². The van der Waals surface area contributed by atoms with E-state index in [4.69, 9.17) is 11.5 Å². The van der Waals surface area contributed by atoms with Gasteiger partial charge in [0.2, 0.25) is 5.91 Å². The molecule has 104 valence electrons.